The van der Waals surface area contributed by atoms with Crippen LogP contribution < -0.4 is 5.48 Å². The molecule has 7 heteroatoms. The van der Waals surface area contributed by atoms with Crippen LogP contribution in [0.2, 0.25) is 0 Å². The second-order valence-electron chi connectivity index (χ2n) is 4.06. The highest BCUT2D eigenvalue weighted by Crippen LogP contribution is 2.18. The maximum absolute atomic E-state index is 11.9. The maximum Gasteiger partial charge on any atom is 0.334 e. The van der Waals surface area contributed by atoms with Crippen LogP contribution in [0.4, 0.5) is 0 Å². The Labute approximate surface area is 115 Å². The smallest absolute Gasteiger partial charge is 0.334 e. The summed E-state index contributed by atoms with van der Waals surface area (Å²) in [7, 11) is 0. The van der Waals surface area contributed by atoms with Gasteiger partial charge in [0.15, 0.2) is 6.61 Å². The third kappa shape index (κ3) is 2.94. The van der Waals surface area contributed by atoms with Gasteiger partial charge in [-0.1, -0.05) is 0 Å². The first-order valence-corrected chi connectivity index (χ1v) is 6.14. The van der Waals surface area contributed by atoms with Crippen LogP contribution in [0.1, 0.15) is 22.8 Å². The van der Waals surface area contributed by atoms with Crippen molar-refractivity contribution < 1.29 is 19.2 Å². The van der Waals surface area contributed by atoms with Crippen LogP contribution in [0.15, 0.2) is 18.5 Å². The lowest BCUT2D eigenvalue weighted by Crippen LogP contribution is -2.28. The van der Waals surface area contributed by atoms with Gasteiger partial charge < -0.3 is 9.72 Å². The van der Waals surface area contributed by atoms with Gasteiger partial charge in [0.25, 0.3) is 5.91 Å². The number of esters is 1. The summed E-state index contributed by atoms with van der Waals surface area (Å²) in [6.07, 6.45) is 3.21. The summed E-state index contributed by atoms with van der Waals surface area (Å²) in [5, 5.41) is 0.864. The number of aromatic amines is 1. The van der Waals surface area contributed by atoms with Gasteiger partial charge in [-0.2, -0.15) is 0 Å². The Morgan fingerprint density at radius 1 is 1.45 bits per heavy atom. The van der Waals surface area contributed by atoms with Gasteiger partial charge in [0.2, 0.25) is 0 Å². The Morgan fingerprint density at radius 3 is 3.00 bits per heavy atom. The second kappa shape index (κ2) is 6.16. The molecule has 0 aliphatic heterocycles. The van der Waals surface area contributed by atoms with Crippen LogP contribution in [-0.2, 0) is 14.4 Å². The number of carbonyl (C=O) groups is 2. The summed E-state index contributed by atoms with van der Waals surface area (Å²) >= 11 is 0. The van der Waals surface area contributed by atoms with Crippen molar-refractivity contribution in [2.45, 2.75) is 13.8 Å². The number of carbonyl (C=O) groups excluding carboxylic acids is 2. The highest BCUT2D eigenvalue weighted by Gasteiger charge is 2.13. The zero-order valence-electron chi connectivity index (χ0n) is 11.2. The minimum Gasteiger partial charge on any atom is -0.464 e. The molecule has 0 aliphatic carbocycles. The van der Waals surface area contributed by atoms with Crippen molar-refractivity contribution in [3.8, 4) is 0 Å². The minimum atomic E-state index is -0.538. The van der Waals surface area contributed by atoms with Gasteiger partial charge in [0.05, 0.1) is 12.2 Å². The van der Waals surface area contributed by atoms with Gasteiger partial charge >= 0.3 is 5.97 Å². The fourth-order valence-electron chi connectivity index (χ4n) is 1.79. The molecule has 0 atom stereocenters. The fourth-order valence-corrected chi connectivity index (χ4v) is 1.79. The van der Waals surface area contributed by atoms with Gasteiger partial charge in [-0.3, -0.25) is 9.63 Å². The molecule has 2 aromatic heterocycles. The van der Waals surface area contributed by atoms with Gasteiger partial charge in [-0.25, -0.2) is 15.3 Å². The Bertz CT molecular complexity index is 636. The van der Waals surface area contributed by atoms with Crippen LogP contribution in [-0.4, -0.2) is 35.1 Å². The number of fused-ring (bicyclic) bond motifs is 1. The number of aryl methyl sites for hydroxylation is 1. The van der Waals surface area contributed by atoms with Crippen molar-refractivity contribution in [1.82, 2.24) is 15.4 Å². The monoisotopic (exact) mass is 277 g/mol. The maximum atomic E-state index is 11.9. The predicted molar refractivity (Wildman–Crippen MR) is 70.9 cm³/mol. The van der Waals surface area contributed by atoms with Crippen molar-refractivity contribution in [1.29, 1.82) is 0 Å². The molecule has 20 heavy (non-hydrogen) atoms. The summed E-state index contributed by atoms with van der Waals surface area (Å²) in [6, 6.07) is 1.84. The number of pyridine rings is 1. The second-order valence-corrected chi connectivity index (χ2v) is 4.06. The van der Waals surface area contributed by atoms with Crippen molar-refractivity contribution in [2.75, 3.05) is 13.2 Å². The molecule has 0 bridgehead atoms. The van der Waals surface area contributed by atoms with E-state index in [1.807, 2.05) is 13.0 Å². The molecule has 2 N–H and O–H groups in total. The molecule has 1 amide bonds. The largest absolute Gasteiger partial charge is 0.464 e. The molecule has 2 heterocycles. The number of rotatable bonds is 5. The first-order chi connectivity index (χ1) is 9.63. The summed E-state index contributed by atoms with van der Waals surface area (Å²) in [5.74, 6) is -0.994. The van der Waals surface area contributed by atoms with E-state index in [0.29, 0.717) is 11.2 Å². The van der Waals surface area contributed by atoms with E-state index < -0.39 is 11.9 Å². The number of nitrogens with one attached hydrogen (secondary N) is 2. The summed E-state index contributed by atoms with van der Waals surface area (Å²) in [5.41, 5.74) is 4.09. The molecule has 0 spiro atoms. The van der Waals surface area contributed by atoms with E-state index in [2.05, 4.69) is 20.2 Å². The van der Waals surface area contributed by atoms with Crippen LogP contribution in [0.3, 0.4) is 0 Å². The third-order valence-electron chi connectivity index (χ3n) is 2.76. The van der Waals surface area contributed by atoms with Crippen molar-refractivity contribution >= 4 is 22.9 Å². The van der Waals surface area contributed by atoms with Crippen LogP contribution in [0.5, 0.6) is 0 Å². The topological polar surface area (TPSA) is 93.3 Å². The quantitative estimate of drug-likeness (QED) is 0.630. The van der Waals surface area contributed by atoms with Gasteiger partial charge in [0.1, 0.15) is 5.65 Å². The third-order valence-corrected chi connectivity index (χ3v) is 2.76. The van der Waals surface area contributed by atoms with E-state index in [-0.39, 0.29) is 13.2 Å². The highest BCUT2D eigenvalue weighted by atomic mass is 16.7. The number of ether oxygens (including phenoxy) is 1. The molecule has 7 nitrogen and oxygen atoms in total. The summed E-state index contributed by atoms with van der Waals surface area (Å²) in [6.45, 7) is 3.44. The highest BCUT2D eigenvalue weighted by molar-refractivity contribution is 5.99. The SMILES string of the molecule is CCOC(=O)CONC(=O)c1cnc2[nH]ccc2c1C. The minimum absolute atomic E-state index is 0.267. The standard InChI is InChI=1S/C13H15N3O4/c1-3-19-11(17)7-20-16-13(18)10-6-15-12-9(8(10)2)4-5-14-12/h4-6H,3,7H2,1-2H3,(H,14,15)(H,16,18). The van der Waals surface area contributed by atoms with Gasteiger partial charge in [0, 0.05) is 17.8 Å². The van der Waals surface area contributed by atoms with Crippen molar-refractivity contribution in [3.63, 3.8) is 0 Å². The Hall–Kier alpha value is -2.41. The number of H-pyrrole nitrogens is 1. The van der Waals surface area contributed by atoms with E-state index in [4.69, 9.17) is 4.84 Å². The lowest BCUT2D eigenvalue weighted by Gasteiger charge is -2.08. The molecule has 0 unspecified atom stereocenters. The lowest BCUT2D eigenvalue weighted by molar-refractivity contribution is -0.150. The molecule has 0 radical (unpaired) electrons. The molecule has 0 saturated heterocycles. The van der Waals surface area contributed by atoms with E-state index >= 15 is 0 Å². The predicted octanol–water partition coefficient (Wildman–Crippen LogP) is 1.10. The number of aromatic nitrogens is 2. The average molecular weight is 277 g/mol. The number of nitrogens with zero attached hydrogens (tertiary/aromatic N) is 1. The number of hydrogen-bond donors (Lipinski definition) is 2. The summed E-state index contributed by atoms with van der Waals surface area (Å²) < 4.78 is 4.67. The van der Waals surface area contributed by atoms with Crippen molar-refractivity contribution in [3.05, 3.63) is 29.6 Å². The zero-order valence-corrected chi connectivity index (χ0v) is 11.2. The van der Waals surface area contributed by atoms with E-state index in [9.17, 15) is 9.59 Å². The number of hydrogen-bond acceptors (Lipinski definition) is 5. The van der Waals surface area contributed by atoms with E-state index in [0.717, 1.165) is 10.9 Å². The molecule has 106 valence electrons. The van der Waals surface area contributed by atoms with Crippen LogP contribution >= 0.6 is 0 Å². The number of amides is 1. The number of hydroxylamine groups is 1. The van der Waals surface area contributed by atoms with Crippen LogP contribution in [0, 0.1) is 6.92 Å². The first-order valence-electron chi connectivity index (χ1n) is 6.14. The zero-order chi connectivity index (χ0) is 14.5. The normalized spacial score (nSPS) is 10.5. The first kappa shape index (κ1) is 14.0. The lowest BCUT2D eigenvalue weighted by atomic mass is 10.1. The Kier molecular flexibility index (Phi) is 4.31. The fraction of sp³-hybridized carbons (Fsp3) is 0.308. The summed E-state index contributed by atoms with van der Waals surface area (Å²) in [4.78, 5) is 34.9. The molecule has 0 fully saturated rings. The van der Waals surface area contributed by atoms with E-state index in [1.54, 1.807) is 13.1 Å². The molecule has 0 saturated carbocycles. The molecule has 2 aromatic rings. The Balaban J connectivity index is 2.00. The van der Waals surface area contributed by atoms with Gasteiger partial charge in [-0.15, -0.1) is 0 Å². The Morgan fingerprint density at radius 2 is 2.25 bits per heavy atom. The average Bonchev–Trinajstić information content (AvgIpc) is 2.88. The molecule has 0 aromatic carbocycles. The van der Waals surface area contributed by atoms with Crippen molar-refractivity contribution in [2.24, 2.45) is 0 Å². The van der Waals surface area contributed by atoms with E-state index in [1.165, 1.54) is 6.20 Å². The van der Waals surface area contributed by atoms with Gasteiger partial charge in [-0.05, 0) is 25.5 Å². The molecular formula is C13H15N3O4. The molecule has 0 aliphatic rings. The molecule has 2 rings (SSSR count). The molecular weight excluding hydrogens is 262 g/mol. The van der Waals surface area contributed by atoms with Crippen LogP contribution in [0.25, 0.3) is 11.0 Å².